The second-order valence-electron chi connectivity index (χ2n) is 5.82. The maximum Gasteiger partial charge on any atom is 0.256 e. The highest BCUT2D eigenvalue weighted by Crippen LogP contribution is 2.33. The number of nitrogens with one attached hydrogen (secondary N) is 2. The van der Waals surface area contributed by atoms with E-state index in [0.29, 0.717) is 5.57 Å². The first kappa shape index (κ1) is 12.4. The van der Waals surface area contributed by atoms with Gasteiger partial charge in [-0.05, 0) is 50.8 Å². The van der Waals surface area contributed by atoms with E-state index in [9.17, 15) is 4.79 Å². The lowest BCUT2D eigenvalue weighted by Gasteiger charge is -2.07. The molecule has 0 fully saturated rings. The van der Waals surface area contributed by atoms with Crippen molar-refractivity contribution in [2.75, 3.05) is 5.32 Å². The maximum absolute atomic E-state index is 12.2. The maximum atomic E-state index is 12.2. The van der Waals surface area contributed by atoms with Gasteiger partial charge in [-0.2, -0.15) is 0 Å². The zero-order valence-electron chi connectivity index (χ0n) is 12.0. The summed E-state index contributed by atoms with van der Waals surface area (Å²) in [5.41, 5.74) is 6.09. The van der Waals surface area contributed by atoms with Gasteiger partial charge < -0.3 is 10.3 Å². The Labute approximate surface area is 123 Å². The number of anilines is 1. The quantitative estimate of drug-likeness (QED) is 0.788. The molecule has 0 saturated heterocycles. The summed E-state index contributed by atoms with van der Waals surface area (Å²) in [4.78, 5) is 20.2. The van der Waals surface area contributed by atoms with E-state index in [2.05, 4.69) is 15.3 Å². The van der Waals surface area contributed by atoms with Crippen molar-refractivity contribution >= 4 is 23.2 Å². The highest BCUT2D eigenvalue weighted by Gasteiger charge is 2.24. The predicted octanol–water partition coefficient (Wildman–Crippen LogP) is 3.09. The average molecular weight is 279 g/mol. The number of hydrogen-bond donors (Lipinski definition) is 2. The van der Waals surface area contributed by atoms with Crippen LogP contribution in [0.1, 0.15) is 41.2 Å². The minimum absolute atomic E-state index is 0.0510. The Hall–Kier alpha value is -2.36. The van der Waals surface area contributed by atoms with Gasteiger partial charge in [-0.25, -0.2) is 4.98 Å². The molecule has 4 nitrogen and oxygen atoms in total. The number of benzene rings is 1. The van der Waals surface area contributed by atoms with Crippen LogP contribution in [0.25, 0.3) is 11.6 Å². The van der Waals surface area contributed by atoms with Crippen molar-refractivity contribution in [2.45, 2.75) is 32.6 Å². The van der Waals surface area contributed by atoms with Gasteiger partial charge in [0, 0.05) is 16.9 Å². The highest BCUT2D eigenvalue weighted by molar-refractivity contribution is 6.34. The van der Waals surface area contributed by atoms with Gasteiger partial charge in [-0.15, -0.1) is 0 Å². The van der Waals surface area contributed by atoms with E-state index >= 15 is 0 Å². The summed E-state index contributed by atoms with van der Waals surface area (Å²) in [6.07, 6.45) is 6.40. The van der Waals surface area contributed by atoms with Gasteiger partial charge in [0.1, 0.15) is 5.82 Å². The van der Waals surface area contributed by atoms with Gasteiger partial charge in [0.25, 0.3) is 5.91 Å². The number of carbonyl (C=O) groups is 1. The molecule has 106 valence electrons. The largest absolute Gasteiger partial charge is 0.342 e. The highest BCUT2D eigenvalue weighted by atomic mass is 16.2. The van der Waals surface area contributed by atoms with Crippen LogP contribution in [0.5, 0.6) is 0 Å². The fourth-order valence-corrected chi connectivity index (χ4v) is 3.13. The number of aryl methyl sites for hydroxylation is 3. The molecule has 2 N–H and O–H groups in total. The van der Waals surface area contributed by atoms with E-state index < -0.39 is 0 Å². The molecule has 1 aliphatic heterocycles. The molecule has 2 heterocycles. The summed E-state index contributed by atoms with van der Waals surface area (Å²) in [6.45, 7) is 2.03. The van der Waals surface area contributed by atoms with Crippen molar-refractivity contribution in [2.24, 2.45) is 0 Å². The number of amides is 1. The Balaban J connectivity index is 1.78. The molecule has 0 saturated carbocycles. The molecular weight excluding hydrogens is 262 g/mol. The molecule has 4 rings (SSSR count). The van der Waals surface area contributed by atoms with Gasteiger partial charge in [0.2, 0.25) is 0 Å². The molecule has 1 aromatic heterocycles. The molecule has 4 heteroatoms. The minimum Gasteiger partial charge on any atom is -0.342 e. The fraction of sp³-hybridized carbons (Fsp3) is 0.294. The van der Waals surface area contributed by atoms with E-state index in [-0.39, 0.29) is 5.91 Å². The van der Waals surface area contributed by atoms with Crippen molar-refractivity contribution in [1.29, 1.82) is 0 Å². The Morgan fingerprint density at radius 2 is 2.10 bits per heavy atom. The third-order valence-corrected chi connectivity index (χ3v) is 4.21. The van der Waals surface area contributed by atoms with Crippen LogP contribution >= 0.6 is 0 Å². The number of imidazole rings is 1. The lowest BCUT2D eigenvalue weighted by atomic mass is 10.0. The van der Waals surface area contributed by atoms with Crippen LogP contribution in [0.4, 0.5) is 5.69 Å². The van der Waals surface area contributed by atoms with Crippen LogP contribution in [0.15, 0.2) is 18.2 Å². The summed E-state index contributed by atoms with van der Waals surface area (Å²) >= 11 is 0. The lowest BCUT2D eigenvalue weighted by Crippen LogP contribution is -2.03. The van der Waals surface area contributed by atoms with Crippen LogP contribution in [0.2, 0.25) is 0 Å². The SMILES string of the molecule is Cc1ccc2c(c1)C(=Cc1nc3c([nH]1)CCCC3)C(=O)N2. The smallest absolute Gasteiger partial charge is 0.256 e. The second kappa shape index (κ2) is 4.58. The number of H-pyrrole nitrogens is 1. The summed E-state index contributed by atoms with van der Waals surface area (Å²) in [5, 5.41) is 2.91. The molecule has 0 unspecified atom stereocenters. The fourth-order valence-electron chi connectivity index (χ4n) is 3.13. The third-order valence-electron chi connectivity index (χ3n) is 4.21. The molecular formula is C17H17N3O. The normalized spacial score (nSPS) is 18.5. The van der Waals surface area contributed by atoms with E-state index in [1.807, 2.05) is 31.2 Å². The molecule has 2 aromatic rings. The van der Waals surface area contributed by atoms with Crippen LogP contribution in [-0.2, 0) is 17.6 Å². The Kier molecular flexibility index (Phi) is 2.70. The number of carbonyl (C=O) groups excluding carboxylic acids is 1. The third kappa shape index (κ3) is 2.07. The number of hydrogen-bond acceptors (Lipinski definition) is 2. The molecule has 1 amide bonds. The first-order valence-corrected chi connectivity index (χ1v) is 7.42. The zero-order valence-corrected chi connectivity index (χ0v) is 12.0. The minimum atomic E-state index is -0.0510. The van der Waals surface area contributed by atoms with Crippen molar-refractivity contribution in [3.8, 4) is 0 Å². The molecule has 0 radical (unpaired) electrons. The van der Waals surface area contributed by atoms with Gasteiger partial charge in [0.05, 0.1) is 11.3 Å². The number of aromatic amines is 1. The van der Waals surface area contributed by atoms with E-state index in [1.54, 1.807) is 0 Å². The first-order valence-electron chi connectivity index (χ1n) is 7.42. The number of aromatic nitrogens is 2. The van der Waals surface area contributed by atoms with Gasteiger partial charge in [0.15, 0.2) is 0 Å². The van der Waals surface area contributed by atoms with Crippen LogP contribution in [0.3, 0.4) is 0 Å². The Morgan fingerprint density at radius 1 is 1.24 bits per heavy atom. The van der Waals surface area contributed by atoms with E-state index in [0.717, 1.165) is 41.2 Å². The number of fused-ring (bicyclic) bond motifs is 2. The summed E-state index contributed by atoms with van der Waals surface area (Å²) in [6, 6.07) is 6.01. The first-order chi connectivity index (χ1) is 10.2. The number of rotatable bonds is 1. The Bertz CT molecular complexity index is 747. The molecule has 21 heavy (non-hydrogen) atoms. The Morgan fingerprint density at radius 3 is 2.95 bits per heavy atom. The van der Waals surface area contributed by atoms with Crippen LogP contribution in [-0.4, -0.2) is 15.9 Å². The van der Waals surface area contributed by atoms with E-state index in [4.69, 9.17) is 0 Å². The average Bonchev–Trinajstić information content (AvgIpc) is 3.01. The van der Waals surface area contributed by atoms with Gasteiger partial charge in [-0.1, -0.05) is 11.6 Å². The van der Waals surface area contributed by atoms with Crippen molar-refractivity contribution in [3.05, 3.63) is 46.5 Å². The lowest BCUT2D eigenvalue weighted by molar-refractivity contribution is -0.110. The van der Waals surface area contributed by atoms with Crippen molar-refractivity contribution in [1.82, 2.24) is 9.97 Å². The molecule has 0 bridgehead atoms. The predicted molar refractivity (Wildman–Crippen MR) is 82.9 cm³/mol. The second-order valence-corrected chi connectivity index (χ2v) is 5.82. The molecule has 0 atom stereocenters. The molecule has 1 aromatic carbocycles. The zero-order chi connectivity index (χ0) is 14.4. The summed E-state index contributed by atoms with van der Waals surface area (Å²) in [7, 11) is 0. The van der Waals surface area contributed by atoms with Crippen LogP contribution < -0.4 is 5.32 Å². The van der Waals surface area contributed by atoms with Gasteiger partial charge >= 0.3 is 0 Å². The standard InChI is InChI=1S/C17H17N3O/c1-10-6-7-13-11(8-10)12(17(21)20-13)9-16-18-14-4-2-3-5-15(14)19-16/h6-9H,2-5H2,1H3,(H,18,19)(H,20,21). The van der Waals surface area contributed by atoms with Crippen molar-refractivity contribution < 1.29 is 4.79 Å². The molecule has 0 spiro atoms. The summed E-state index contributed by atoms with van der Waals surface area (Å²) < 4.78 is 0. The summed E-state index contributed by atoms with van der Waals surface area (Å²) in [5.74, 6) is 0.742. The van der Waals surface area contributed by atoms with E-state index in [1.165, 1.54) is 18.5 Å². The molecule has 2 aliphatic rings. The van der Waals surface area contributed by atoms with Crippen molar-refractivity contribution in [3.63, 3.8) is 0 Å². The van der Waals surface area contributed by atoms with Crippen LogP contribution in [0, 0.1) is 6.92 Å². The monoisotopic (exact) mass is 279 g/mol. The van der Waals surface area contributed by atoms with Gasteiger partial charge in [-0.3, -0.25) is 4.79 Å². The number of nitrogens with zero attached hydrogens (tertiary/aromatic N) is 1. The topological polar surface area (TPSA) is 57.8 Å². The molecule has 1 aliphatic carbocycles.